The Morgan fingerprint density at radius 2 is 1.57 bits per heavy atom. The molecule has 0 bridgehead atoms. The summed E-state index contributed by atoms with van der Waals surface area (Å²) in [6.45, 7) is 2.32. The number of carbonyl (C=O) groups is 1. The number of rotatable bonds is 7. The zero-order valence-electron chi connectivity index (χ0n) is 20.2. The van der Waals surface area contributed by atoms with Crippen LogP contribution in [-0.2, 0) is 21.0 Å². The number of nitrogens with zero attached hydrogens (tertiary/aromatic N) is 1. The molecule has 0 unspecified atom stereocenters. The van der Waals surface area contributed by atoms with E-state index in [9.17, 15) is 26.4 Å². The van der Waals surface area contributed by atoms with Gasteiger partial charge in [-0.25, -0.2) is 26.4 Å². The highest BCUT2D eigenvalue weighted by atomic mass is 32.2. The number of anilines is 1. The van der Waals surface area contributed by atoms with Crippen LogP contribution in [-0.4, -0.2) is 46.2 Å². The van der Waals surface area contributed by atoms with Gasteiger partial charge in [0.25, 0.3) is 0 Å². The van der Waals surface area contributed by atoms with Crippen molar-refractivity contribution in [2.45, 2.75) is 35.0 Å². The first-order valence-corrected chi connectivity index (χ1v) is 13.3. The van der Waals surface area contributed by atoms with E-state index in [0.717, 1.165) is 50.2 Å². The SMILES string of the molecule is COC(=O)Nc1ccc(F)c(C2CCN(CCc3ccc(S(=O)(=O)c4ccc(F)c(F)c4)cc3)CC2)c1. The van der Waals surface area contributed by atoms with Gasteiger partial charge in [0.05, 0.1) is 16.9 Å². The van der Waals surface area contributed by atoms with E-state index in [2.05, 4.69) is 15.0 Å². The second kappa shape index (κ2) is 11.4. The van der Waals surface area contributed by atoms with E-state index in [1.165, 1.54) is 31.4 Å². The molecule has 1 amide bonds. The average Bonchev–Trinajstić information content (AvgIpc) is 2.90. The van der Waals surface area contributed by atoms with E-state index in [0.29, 0.717) is 23.7 Å². The van der Waals surface area contributed by atoms with E-state index < -0.39 is 27.6 Å². The van der Waals surface area contributed by atoms with Gasteiger partial charge in [0.1, 0.15) is 5.82 Å². The van der Waals surface area contributed by atoms with Crippen LogP contribution < -0.4 is 5.32 Å². The van der Waals surface area contributed by atoms with Crippen LogP contribution in [0.15, 0.2) is 70.5 Å². The highest BCUT2D eigenvalue weighted by Crippen LogP contribution is 2.32. The summed E-state index contributed by atoms with van der Waals surface area (Å²) in [7, 11) is -2.69. The van der Waals surface area contributed by atoms with E-state index in [4.69, 9.17) is 0 Å². The quantitative estimate of drug-likeness (QED) is 0.405. The first-order valence-electron chi connectivity index (χ1n) is 11.8. The maximum Gasteiger partial charge on any atom is 0.411 e. The van der Waals surface area contributed by atoms with Gasteiger partial charge in [0, 0.05) is 12.2 Å². The molecule has 0 aromatic heterocycles. The molecule has 1 saturated heterocycles. The number of nitrogens with one attached hydrogen (secondary N) is 1. The number of hydrogen-bond acceptors (Lipinski definition) is 5. The molecule has 0 aliphatic carbocycles. The number of piperidine rings is 1. The minimum Gasteiger partial charge on any atom is -0.453 e. The smallest absolute Gasteiger partial charge is 0.411 e. The van der Waals surface area contributed by atoms with Crippen LogP contribution in [0.25, 0.3) is 0 Å². The second-order valence-corrected chi connectivity index (χ2v) is 10.9. The molecule has 1 fully saturated rings. The number of likely N-dealkylation sites (tertiary alicyclic amines) is 1. The van der Waals surface area contributed by atoms with Gasteiger partial charge in [-0.3, -0.25) is 5.32 Å². The molecule has 1 N–H and O–H groups in total. The molecular formula is C27H27F3N2O4S. The molecule has 1 heterocycles. The van der Waals surface area contributed by atoms with Gasteiger partial charge in [0.15, 0.2) is 11.6 Å². The summed E-state index contributed by atoms with van der Waals surface area (Å²) < 4.78 is 71.2. The first kappa shape index (κ1) is 26.7. The van der Waals surface area contributed by atoms with Crippen molar-refractivity contribution in [2.75, 3.05) is 32.1 Å². The van der Waals surface area contributed by atoms with Crippen LogP contribution in [0, 0.1) is 17.5 Å². The third-order valence-electron chi connectivity index (χ3n) is 6.61. The summed E-state index contributed by atoms with van der Waals surface area (Å²) in [5.74, 6) is -2.58. The number of carbonyl (C=O) groups excluding carboxylic acids is 1. The number of hydrogen-bond donors (Lipinski definition) is 1. The molecule has 10 heteroatoms. The van der Waals surface area contributed by atoms with E-state index in [1.807, 2.05) is 0 Å². The summed E-state index contributed by atoms with van der Waals surface area (Å²) in [4.78, 5) is 13.4. The second-order valence-electron chi connectivity index (χ2n) is 8.94. The molecule has 37 heavy (non-hydrogen) atoms. The summed E-state index contributed by atoms with van der Waals surface area (Å²) >= 11 is 0. The topological polar surface area (TPSA) is 75.7 Å². The zero-order chi connectivity index (χ0) is 26.6. The summed E-state index contributed by atoms with van der Waals surface area (Å²) in [5, 5.41) is 2.57. The number of ether oxygens (including phenoxy) is 1. The lowest BCUT2D eigenvalue weighted by molar-refractivity contribution is 0.187. The molecule has 4 rings (SSSR count). The number of amides is 1. The minimum absolute atomic E-state index is 0.00835. The fourth-order valence-corrected chi connectivity index (χ4v) is 5.75. The van der Waals surface area contributed by atoms with Gasteiger partial charge in [-0.15, -0.1) is 0 Å². The molecule has 1 aliphatic rings. The predicted octanol–water partition coefficient (Wildman–Crippen LogP) is 5.54. The highest BCUT2D eigenvalue weighted by Gasteiger charge is 2.24. The van der Waals surface area contributed by atoms with Gasteiger partial charge in [-0.2, -0.15) is 0 Å². The van der Waals surface area contributed by atoms with Gasteiger partial charge < -0.3 is 9.64 Å². The Labute approximate surface area is 214 Å². The van der Waals surface area contributed by atoms with Gasteiger partial charge in [-0.05, 0) is 97.9 Å². The van der Waals surface area contributed by atoms with Crippen molar-refractivity contribution < 1.29 is 31.1 Å². The van der Waals surface area contributed by atoms with E-state index in [-0.39, 0.29) is 21.5 Å². The van der Waals surface area contributed by atoms with Crippen LogP contribution in [0.1, 0.15) is 29.9 Å². The van der Waals surface area contributed by atoms with Crippen LogP contribution in [0.4, 0.5) is 23.7 Å². The average molecular weight is 533 g/mol. The van der Waals surface area contributed by atoms with E-state index >= 15 is 0 Å². The van der Waals surface area contributed by atoms with E-state index in [1.54, 1.807) is 18.2 Å². The molecule has 0 saturated carbocycles. The van der Waals surface area contributed by atoms with Crippen LogP contribution in [0.3, 0.4) is 0 Å². The summed E-state index contributed by atoms with van der Waals surface area (Å²) in [5.41, 5.74) is 2.01. The normalized spacial score (nSPS) is 14.9. The Bertz CT molecular complexity index is 1370. The number of benzene rings is 3. The third-order valence-corrected chi connectivity index (χ3v) is 8.37. The van der Waals surface area contributed by atoms with Gasteiger partial charge >= 0.3 is 6.09 Å². The molecular weight excluding hydrogens is 505 g/mol. The standard InChI is InChI=1S/C27H27F3N2O4S/c1-36-27(33)31-20-4-8-24(28)23(16-20)19-11-14-32(15-12-19)13-10-18-2-5-21(6-3-18)37(34,35)22-7-9-25(29)26(30)17-22/h2-9,16-17,19H,10-15H2,1H3,(H,31,33). The zero-order valence-corrected chi connectivity index (χ0v) is 21.0. The summed E-state index contributed by atoms with van der Waals surface area (Å²) in [6, 6.07) is 13.4. The largest absolute Gasteiger partial charge is 0.453 e. The maximum absolute atomic E-state index is 14.5. The Hall–Kier alpha value is -3.37. The first-order chi connectivity index (χ1) is 17.7. The van der Waals surface area contributed by atoms with Crippen molar-refractivity contribution in [3.63, 3.8) is 0 Å². The molecule has 0 spiro atoms. The highest BCUT2D eigenvalue weighted by molar-refractivity contribution is 7.91. The molecule has 0 atom stereocenters. The molecule has 1 aliphatic heterocycles. The predicted molar refractivity (Wildman–Crippen MR) is 133 cm³/mol. The Morgan fingerprint density at radius 3 is 2.22 bits per heavy atom. The molecule has 6 nitrogen and oxygen atoms in total. The van der Waals surface area contributed by atoms with Crippen LogP contribution in [0.5, 0.6) is 0 Å². The Kier molecular flexibility index (Phi) is 8.19. The third kappa shape index (κ3) is 6.31. The Balaban J connectivity index is 1.32. The fraction of sp³-hybridized carbons (Fsp3) is 0.296. The van der Waals surface area contributed by atoms with Crippen LogP contribution >= 0.6 is 0 Å². The van der Waals surface area contributed by atoms with Crippen molar-refractivity contribution in [3.8, 4) is 0 Å². The number of methoxy groups -OCH3 is 1. The lowest BCUT2D eigenvalue weighted by Gasteiger charge is -2.32. The van der Waals surface area contributed by atoms with Gasteiger partial charge in [0.2, 0.25) is 9.84 Å². The number of sulfone groups is 1. The minimum atomic E-state index is -3.96. The fourth-order valence-electron chi connectivity index (χ4n) is 4.47. The van der Waals surface area contributed by atoms with Gasteiger partial charge in [-0.1, -0.05) is 12.1 Å². The molecule has 196 valence electrons. The lowest BCUT2D eigenvalue weighted by Crippen LogP contribution is -2.34. The lowest BCUT2D eigenvalue weighted by atomic mass is 9.88. The molecule has 0 radical (unpaired) electrons. The van der Waals surface area contributed by atoms with Crippen LogP contribution in [0.2, 0.25) is 0 Å². The maximum atomic E-state index is 14.5. The number of halogens is 3. The monoisotopic (exact) mass is 532 g/mol. The van der Waals surface area contributed by atoms with Crippen molar-refractivity contribution in [3.05, 3.63) is 89.2 Å². The van der Waals surface area contributed by atoms with Crippen molar-refractivity contribution >= 4 is 21.6 Å². The van der Waals surface area contributed by atoms with Crippen molar-refractivity contribution in [1.82, 2.24) is 4.90 Å². The molecule has 3 aromatic carbocycles. The van der Waals surface area contributed by atoms with Crippen molar-refractivity contribution in [1.29, 1.82) is 0 Å². The van der Waals surface area contributed by atoms with Crippen molar-refractivity contribution in [2.24, 2.45) is 0 Å². The molecule has 3 aromatic rings. The summed E-state index contributed by atoms with van der Waals surface area (Å²) in [6.07, 6.45) is 1.62. The Morgan fingerprint density at radius 1 is 0.919 bits per heavy atom.